The highest BCUT2D eigenvalue weighted by molar-refractivity contribution is 7.09. The summed E-state index contributed by atoms with van der Waals surface area (Å²) < 4.78 is 0. The third kappa shape index (κ3) is 2.53. The molecule has 1 atom stereocenters. The molecule has 1 nitrogen and oxygen atoms in total. The summed E-state index contributed by atoms with van der Waals surface area (Å²) in [4.78, 5) is 4.65. The molecule has 0 saturated carbocycles. The van der Waals surface area contributed by atoms with E-state index in [4.69, 9.17) is 0 Å². The maximum atomic E-state index is 4.65. The SMILES string of the molecule is CC(C)c1csc(C(C)C(C)C)n1. The maximum Gasteiger partial charge on any atom is 0.0959 e. The van der Waals surface area contributed by atoms with E-state index in [1.165, 1.54) is 10.7 Å². The lowest BCUT2D eigenvalue weighted by Crippen LogP contribution is -2.01. The van der Waals surface area contributed by atoms with Crippen LogP contribution in [0.3, 0.4) is 0 Å². The molecular formula is C11H19NS. The Labute approximate surface area is 85.2 Å². The van der Waals surface area contributed by atoms with E-state index >= 15 is 0 Å². The second-order valence-corrected chi connectivity index (χ2v) is 5.19. The molecule has 0 aliphatic carbocycles. The molecule has 1 heterocycles. The summed E-state index contributed by atoms with van der Waals surface area (Å²) in [6, 6.07) is 0. The average Bonchev–Trinajstić information content (AvgIpc) is 2.50. The van der Waals surface area contributed by atoms with Crippen molar-refractivity contribution in [1.82, 2.24) is 4.98 Å². The summed E-state index contributed by atoms with van der Waals surface area (Å²) in [6.07, 6.45) is 0. The lowest BCUT2D eigenvalue weighted by Gasteiger charge is -2.11. The van der Waals surface area contributed by atoms with Crippen molar-refractivity contribution in [1.29, 1.82) is 0 Å². The van der Waals surface area contributed by atoms with Crippen molar-refractivity contribution < 1.29 is 0 Å². The van der Waals surface area contributed by atoms with Crippen LogP contribution in [0.5, 0.6) is 0 Å². The van der Waals surface area contributed by atoms with Gasteiger partial charge in [-0.2, -0.15) is 0 Å². The minimum atomic E-state index is 0.560. The maximum absolute atomic E-state index is 4.65. The minimum Gasteiger partial charge on any atom is -0.246 e. The molecule has 0 radical (unpaired) electrons. The fraction of sp³-hybridized carbons (Fsp3) is 0.727. The average molecular weight is 197 g/mol. The van der Waals surface area contributed by atoms with E-state index in [1.54, 1.807) is 11.3 Å². The van der Waals surface area contributed by atoms with Gasteiger partial charge in [0, 0.05) is 11.3 Å². The molecule has 2 heteroatoms. The molecule has 0 aliphatic rings. The molecule has 0 saturated heterocycles. The van der Waals surface area contributed by atoms with Crippen molar-refractivity contribution in [3.63, 3.8) is 0 Å². The molecule has 0 N–H and O–H groups in total. The highest BCUT2D eigenvalue weighted by Crippen LogP contribution is 2.28. The van der Waals surface area contributed by atoms with E-state index < -0.39 is 0 Å². The Bertz CT molecular complexity index is 263. The predicted molar refractivity (Wildman–Crippen MR) is 59.5 cm³/mol. The molecule has 74 valence electrons. The smallest absolute Gasteiger partial charge is 0.0959 e. The van der Waals surface area contributed by atoms with Crippen LogP contribution >= 0.6 is 11.3 Å². The van der Waals surface area contributed by atoms with Gasteiger partial charge in [-0.05, 0) is 11.8 Å². The van der Waals surface area contributed by atoms with Crippen molar-refractivity contribution >= 4 is 11.3 Å². The van der Waals surface area contributed by atoms with Gasteiger partial charge < -0.3 is 0 Å². The normalized spacial score (nSPS) is 14.1. The van der Waals surface area contributed by atoms with Gasteiger partial charge in [-0.1, -0.05) is 34.6 Å². The zero-order valence-electron chi connectivity index (χ0n) is 9.16. The van der Waals surface area contributed by atoms with Crippen molar-refractivity contribution in [3.8, 4) is 0 Å². The zero-order chi connectivity index (χ0) is 10.0. The van der Waals surface area contributed by atoms with Gasteiger partial charge in [-0.15, -0.1) is 11.3 Å². The Morgan fingerprint density at radius 2 is 1.77 bits per heavy atom. The monoisotopic (exact) mass is 197 g/mol. The first-order valence-electron chi connectivity index (χ1n) is 4.97. The number of thiazole rings is 1. The Morgan fingerprint density at radius 3 is 2.15 bits per heavy atom. The summed E-state index contributed by atoms with van der Waals surface area (Å²) in [5, 5.41) is 3.48. The molecule has 0 amide bonds. The quantitative estimate of drug-likeness (QED) is 0.713. The summed E-state index contributed by atoms with van der Waals surface area (Å²) in [5.41, 5.74) is 1.24. The van der Waals surface area contributed by atoms with Crippen LogP contribution in [-0.2, 0) is 0 Å². The van der Waals surface area contributed by atoms with Crippen LogP contribution in [0.15, 0.2) is 5.38 Å². The topological polar surface area (TPSA) is 12.9 Å². The van der Waals surface area contributed by atoms with Crippen LogP contribution in [0, 0.1) is 5.92 Å². The first-order chi connectivity index (χ1) is 6.02. The highest BCUT2D eigenvalue weighted by atomic mass is 32.1. The van der Waals surface area contributed by atoms with Crippen molar-refractivity contribution in [2.45, 2.75) is 46.5 Å². The van der Waals surface area contributed by atoms with Crippen molar-refractivity contribution in [2.24, 2.45) is 5.92 Å². The van der Waals surface area contributed by atoms with Crippen LogP contribution in [-0.4, -0.2) is 4.98 Å². The Morgan fingerprint density at radius 1 is 1.15 bits per heavy atom. The summed E-state index contributed by atoms with van der Waals surface area (Å²) in [7, 11) is 0. The van der Waals surface area contributed by atoms with Gasteiger partial charge in [-0.3, -0.25) is 0 Å². The Hall–Kier alpha value is -0.370. The first kappa shape index (κ1) is 10.7. The fourth-order valence-corrected chi connectivity index (χ4v) is 2.27. The fourth-order valence-electron chi connectivity index (χ4n) is 1.06. The predicted octanol–water partition coefficient (Wildman–Crippen LogP) is 4.03. The molecule has 1 unspecified atom stereocenters. The van der Waals surface area contributed by atoms with Gasteiger partial charge in [0.15, 0.2) is 0 Å². The van der Waals surface area contributed by atoms with Crippen LogP contribution in [0.2, 0.25) is 0 Å². The third-order valence-corrected chi connectivity index (χ3v) is 3.58. The summed E-state index contributed by atoms with van der Waals surface area (Å²) >= 11 is 1.80. The van der Waals surface area contributed by atoms with Crippen LogP contribution < -0.4 is 0 Å². The first-order valence-corrected chi connectivity index (χ1v) is 5.85. The van der Waals surface area contributed by atoms with Crippen LogP contribution in [0.4, 0.5) is 0 Å². The van der Waals surface area contributed by atoms with Crippen molar-refractivity contribution in [2.75, 3.05) is 0 Å². The summed E-state index contributed by atoms with van der Waals surface area (Å²) in [6.45, 7) is 11.1. The second-order valence-electron chi connectivity index (χ2n) is 4.30. The van der Waals surface area contributed by atoms with Gasteiger partial charge in [0.2, 0.25) is 0 Å². The molecular weight excluding hydrogens is 178 g/mol. The van der Waals surface area contributed by atoms with Gasteiger partial charge in [0.05, 0.1) is 10.7 Å². The number of hydrogen-bond donors (Lipinski definition) is 0. The molecule has 1 aromatic heterocycles. The van der Waals surface area contributed by atoms with Crippen LogP contribution in [0.1, 0.15) is 57.2 Å². The highest BCUT2D eigenvalue weighted by Gasteiger charge is 2.14. The van der Waals surface area contributed by atoms with Gasteiger partial charge in [0.1, 0.15) is 0 Å². The molecule has 0 bridgehead atoms. The number of rotatable bonds is 3. The molecule has 0 fully saturated rings. The number of aromatic nitrogens is 1. The summed E-state index contributed by atoms with van der Waals surface area (Å²) in [5.74, 6) is 1.84. The van der Waals surface area contributed by atoms with Gasteiger partial charge in [-0.25, -0.2) is 4.98 Å². The van der Waals surface area contributed by atoms with Crippen LogP contribution in [0.25, 0.3) is 0 Å². The molecule has 1 aromatic rings. The third-order valence-electron chi connectivity index (χ3n) is 2.52. The van der Waals surface area contributed by atoms with E-state index in [0.29, 0.717) is 17.8 Å². The minimum absolute atomic E-state index is 0.560. The number of nitrogens with zero attached hydrogens (tertiary/aromatic N) is 1. The second kappa shape index (κ2) is 4.23. The lowest BCUT2D eigenvalue weighted by molar-refractivity contribution is 0.531. The number of hydrogen-bond acceptors (Lipinski definition) is 2. The largest absolute Gasteiger partial charge is 0.246 e. The van der Waals surface area contributed by atoms with E-state index in [0.717, 1.165) is 0 Å². The Balaban J connectivity index is 2.79. The molecule has 0 aliphatic heterocycles. The molecule has 0 aromatic carbocycles. The molecule has 0 spiro atoms. The van der Waals surface area contributed by atoms with E-state index in [2.05, 4.69) is 45.0 Å². The zero-order valence-corrected chi connectivity index (χ0v) is 9.98. The van der Waals surface area contributed by atoms with E-state index in [9.17, 15) is 0 Å². The molecule has 13 heavy (non-hydrogen) atoms. The lowest BCUT2D eigenvalue weighted by atomic mass is 9.99. The van der Waals surface area contributed by atoms with Gasteiger partial charge >= 0.3 is 0 Å². The van der Waals surface area contributed by atoms with E-state index in [-0.39, 0.29) is 0 Å². The van der Waals surface area contributed by atoms with Gasteiger partial charge in [0.25, 0.3) is 0 Å². The standard InChI is InChI=1S/C11H19NS/c1-7(2)9(5)11-12-10(6-13-11)8(3)4/h6-9H,1-5H3. The van der Waals surface area contributed by atoms with Crippen molar-refractivity contribution in [3.05, 3.63) is 16.1 Å². The van der Waals surface area contributed by atoms with E-state index in [1.807, 2.05) is 0 Å². The molecule has 1 rings (SSSR count). The Kier molecular flexibility index (Phi) is 3.48.